The van der Waals surface area contributed by atoms with E-state index in [0.717, 1.165) is 25.7 Å². The smallest absolute Gasteiger partial charge is 0.315 e. The fourth-order valence-corrected chi connectivity index (χ4v) is 8.23. The van der Waals surface area contributed by atoms with E-state index in [2.05, 4.69) is 13.8 Å². The zero-order valence-corrected chi connectivity index (χ0v) is 32.3. The summed E-state index contributed by atoms with van der Waals surface area (Å²) >= 11 is 0. The van der Waals surface area contributed by atoms with Crippen molar-refractivity contribution in [3.05, 3.63) is 0 Å². The molecular weight excluding hydrogens is 596 g/mol. The molecule has 5 nitrogen and oxygen atoms in total. The molecule has 0 radical (unpaired) electrons. The maximum absolute atomic E-state index is 13.6. The van der Waals surface area contributed by atoms with E-state index in [1.165, 1.54) is 180 Å². The van der Waals surface area contributed by atoms with E-state index in [4.69, 9.17) is 14.2 Å². The molecule has 2 saturated heterocycles. The molecule has 0 amide bonds. The van der Waals surface area contributed by atoms with Crippen LogP contribution in [0.15, 0.2) is 0 Å². The minimum absolute atomic E-state index is 0.0135. The van der Waals surface area contributed by atoms with E-state index in [0.29, 0.717) is 6.61 Å². The van der Waals surface area contributed by atoms with E-state index in [-0.39, 0.29) is 24.4 Å². The van der Waals surface area contributed by atoms with Crippen molar-refractivity contribution in [2.24, 2.45) is 5.41 Å². The van der Waals surface area contributed by atoms with E-state index >= 15 is 0 Å². The highest BCUT2D eigenvalue weighted by Gasteiger charge is 2.68. The van der Waals surface area contributed by atoms with Gasteiger partial charge in [-0.15, -0.1) is 0 Å². The maximum Gasteiger partial charge on any atom is 0.315 e. The number of carbonyl (C=O) groups excluding carboxylic acids is 2. The minimum Gasteiger partial charge on any atom is -0.434 e. The lowest BCUT2D eigenvalue weighted by Gasteiger charge is -2.58. The zero-order valence-electron chi connectivity index (χ0n) is 32.3. The number of ether oxygens (including phenoxy) is 3. The van der Waals surface area contributed by atoms with Gasteiger partial charge < -0.3 is 14.2 Å². The molecule has 2 rings (SSSR count). The Labute approximate surface area is 298 Å². The highest BCUT2D eigenvalue weighted by atomic mass is 16.7. The van der Waals surface area contributed by atoms with Crippen LogP contribution >= 0.6 is 0 Å². The van der Waals surface area contributed by atoms with Gasteiger partial charge in [-0.1, -0.05) is 206 Å². The number of esters is 1. The van der Waals surface area contributed by atoms with Crippen LogP contribution in [-0.4, -0.2) is 36.9 Å². The number of Topliss-reactive ketones (excluding diaryl/α,β-unsaturated/α-hetero) is 1. The molecule has 0 aromatic carbocycles. The van der Waals surface area contributed by atoms with Crippen LogP contribution in [0.25, 0.3) is 0 Å². The van der Waals surface area contributed by atoms with Gasteiger partial charge in [0, 0.05) is 6.61 Å². The SMILES string of the molecule is CCCCCCCCCCCCCCCCCC1OC(CCCCCCCCCCCCCCCCC)C12C(=O)CC(=O)OC2OCC. The van der Waals surface area contributed by atoms with Crippen LogP contribution in [-0.2, 0) is 23.8 Å². The summed E-state index contributed by atoms with van der Waals surface area (Å²) in [5, 5.41) is 0. The van der Waals surface area contributed by atoms with Gasteiger partial charge in [0.2, 0.25) is 6.29 Å². The molecule has 1 spiro atoms. The molecule has 48 heavy (non-hydrogen) atoms. The molecule has 3 atom stereocenters. The van der Waals surface area contributed by atoms with Crippen molar-refractivity contribution in [1.29, 1.82) is 0 Å². The first-order valence-electron chi connectivity index (χ1n) is 21.6. The quantitative estimate of drug-likeness (QED) is 0.0386. The van der Waals surface area contributed by atoms with E-state index in [1.54, 1.807) is 0 Å². The first-order chi connectivity index (χ1) is 23.6. The van der Waals surface area contributed by atoms with Crippen molar-refractivity contribution in [1.82, 2.24) is 0 Å². The van der Waals surface area contributed by atoms with E-state index < -0.39 is 17.7 Å². The maximum atomic E-state index is 13.6. The number of rotatable bonds is 34. The lowest BCUT2D eigenvalue weighted by atomic mass is 9.63. The summed E-state index contributed by atoms with van der Waals surface area (Å²) in [6.45, 7) is 6.90. The largest absolute Gasteiger partial charge is 0.434 e. The van der Waals surface area contributed by atoms with Crippen LogP contribution in [0.4, 0.5) is 0 Å². The van der Waals surface area contributed by atoms with Crippen LogP contribution < -0.4 is 0 Å². The molecule has 0 saturated carbocycles. The number of cyclic esters (lactones) is 1. The Morgan fingerprint density at radius 2 is 0.812 bits per heavy atom. The third-order valence-electron chi connectivity index (χ3n) is 11.3. The van der Waals surface area contributed by atoms with Gasteiger partial charge in [-0.3, -0.25) is 9.59 Å². The molecule has 0 bridgehead atoms. The van der Waals surface area contributed by atoms with Gasteiger partial charge in [0.15, 0.2) is 5.78 Å². The van der Waals surface area contributed by atoms with Gasteiger partial charge in [0.25, 0.3) is 0 Å². The number of hydrogen-bond donors (Lipinski definition) is 0. The molecule has 0 aromatic rings. The third-order valence-corrected chi connectivity index (χ3v) is 11.3. The normalized spacial score (nSPS) is 22.4. The molecular formula is C43H80O5. The lowest BCUT2D eigenvalue weighted by Crippen LogP contribution is -2.72. The number of ketones is 1. The molecule has 3 unspecified atom stereocenters. The van der Waals surface area contributed by atoms with Crippen LogP contribution in [0, 0.1) is 5.41 Å². The monoisotopic (exact) mass is 677 g/mol. The molecule has 282 valence electrons. The number of carbonyl (C=O) groups is 2. The summed E-state index contributed by atoms with van der Waals surface area (Å²) < 4.78 is 18.1. The first kappa shape index (κ1) is 43.2. The molecule has 2 aliphatic rings. The first-order valence-corrected chi connectivity index (χ1v) is 21.6. The van der Waals surface area contributed by atoms with Crippen LogP contribution in [0.3, 0.4) is 0 Å². The molecule has 2 fully saturated rings. The van der Waals surface area contributed by atoms with Crippen molar-refractivity contribution in [2.45, 2.75) is 251 Å². The van der Waals surface area contributed by atoms with Crippen molar-refractivity contribution >= 4 is 11.8 Å². The molecule has 0 aliphatic carbocycles. The van der Waals surface area contributed by atoms with Gasteiger partial charge in [0.1, 0.15) is 11.8 Å². The fraction of sp³-hybridized carbons (Fsp3) is 0.953. The predicted molar refractivity (Wildman–Crippen MR) is 201 cm³/mol. The minimum atomic E-state index is -0.810. The summed E-state index contributed by atoms with van der Waals surface area (Å²) in [6, 6.07) is 0. The van der Waals surface area contributed by atoms with Crippen LogP contribution in [0.1, 0.15) is 233 Å². The summed E-state index contributed by atoms with van der Waals surface area (Å²) in [4.78, 5) is 25.8. The average molecular weight is 677 g/mol. The standard InChI is InChI=1S/C43H80O5/c1-4-7-9-11-13-15-17-19-21-23-25-27-29-31-33-35-39-43(38(44)37-41(45)48-42(43)46-6-3)40(47-39)36-34-32-30-28-26-24-22-20-18-16-14-12-10-8-5-2/h39-40,42H,4-37H2,1-3H3. The number of unbranched alkanes of at least 4 members (excludes halogenated alkanes) is 28. The highest BCUT2D eigenvalue weighted by Crippen LogP contribution is 2.53. The second-order valence-electron chi connectivity index (χ2n) is 15.4. The molecule has 0 N–H and O–H groups in total. The summed E-state index contributed by atoms with van der Waals surface area (Å²) in [7, 11) is 0. The van der Waals surface area contributed by atoms with E-state index in [1.807, 2.05) is 6.92 Å². The van der Waals surface area contributed by atoms with Crippen molar-refractivity contribution < 1.29 is 23.8 Å². The highest BCUT2D eigenvalue weighted by molar-refractivity contribution is 6.02. The Hall–Kier alpha value is -0.940. The number of hydrogen-bond acceptors (Lipinski definition) is 5. The van der Waals surface area contributed by atoms with Gasteiger partial charge in [-0.25, -0.2) is 0 Å². The molecule has 0 aromatic heterocycles. The third kappa shape index (κ3) is 16.8. The van der Waals surface area contributed by atoms with E-state index in [9.17, 15) is 9.59 Å². The van der Waals surface area contributed by atoms with Crippen molar-refractivity contribution in [2.75, 3.05) is 6.61 Å². The second-order valence-corrected chi connectivity index (χ2v) is 15.4. The summed E-state index contributed by atoms with van der Waals surface area (Å²) in [5.74, 6) is -0.465. The van der Waals surface area contributed by atoms with Gasteiger partial charge in [-0.05, 0) is 19.8 Å². The van der Waals surface area contributed by atoms with Gasteiger partial charge in [0.05, 0.1) is 12.2 Å². The Morgan fingerprint density at radius 3 is 1.12 bits per heavy atom. The second kappa shape index (κ2) is 28.7. The topological polar surface area (TPSA) is 61.8 Å². The van der Waals surface area contributed by atoms with Gasteiger partial charge in [-0.2, -0.15) is 0 Å². The summed E-state index contributed by atoms with van der Waals surface area (Å²) in [5.41, 5.74) is -0.810. The molecule has 2 aliphatic heterocycles. The van der Waals surface area contributed by atoms with Crippen LogP contribution in [0.2, 0.25) is 0 Å². The average Bonchev–Trinajstić information content (AvgIpc) is 3.06. The zero-order chi connectivity index (χ0) is 34.5. The van der Waals surface area contributed by atoms with Crippen molar-refractivity contribution in [3.8, 4) is 0 Å². The Balaban J connectivity index is 1.60. The van der Waals surface area contributed by atoms with Crippen LogP contribution in [0.5, 0.6) is 0 Å². The Morgan fingerprint density at radius 1 is 0.500 bits per heavy atom. The molecule has 2 heterocycles. The Kier molecular flexibility index (Phi) is 25.9. The summed E-state index contributed by atoms with van der Waals surface area (Å²) in [6.07, 6.45) is 40.5. The predicted octanol–water partition coefficient (Wildman–Crippen LogP) is 13.1. The molecule has 5 heteroatoms. The van der Waals surface area contributed by atoms with Crippen molar-refractivity contribution in [3.63, 3.8) is 0 Å². The van der Waals surface area contributed by atoms with Gasteiger partial charge >= 0.3 is 5.97 Å². The Bertz CT molecular complexity index is 741. The lowest BCUT2D eigenvalue weighted by molar-refractivity contribution is -0.330. The fourth-order valence-electron chi connectivity index (χ4n) is 8.23.